The molecule has 2 heterocycles. The number of nitrogens with zero attached hydrogens (tertiary/aromatic N) is 2. The van der Waals surface area contributed by atoms with Crippen molar-refractivity contribution in [2.75, 3.05) is 26.2 Å². The maximum Gasteiger partial charge on any atom is 0.328 e. The van der Waals surface area contributed by atoms with Gasteiger partial charge in [-0.3, -0.25) is 9.69 Å². The van der Waals surface area contributed by atoms with E-state index in [0.717, 1.165) is 30.8 Å². The first-order valence-corrected chi connectivity index (χ1v) is 10.1. The molecule has 1 amide bonds. The Kier molecular flexibility index (Phi) is 5.39. The molecule has 1 N–H and O–H groups in total. The standard InChI is InChI=1S/C23H26N2O4/c1-2-24-14-12-23(13-15-24)25(20(16-29-23)22(27)28)21(26)19-10-8-18(9-11-19)17-6-4-3-5-7-17/h3-11,20H,2,12-16H2,1H3,(H,27,28)/t20-/m1/s1. The van der Waals surface area contributed by atoms with E-state index in [1.54, 1.807) is 12.1 Å². The number of carbonyl (C=O) groups excluding carboxylic acids is 1. The lowest BCUT2D eigenvalue weighted by molar-refractivity contribution is -0.143. The molecule has 2 aliphatic heterocycles. The molecule has 0 radical (unpaired) electrons. The molecule has 4 rings (SSSR count). The van der Waals surface area contributed by atoms with Crippen molar-refractivity contribution in [2.24, 2.45) is 0 Å². The molecule has 0 bridgehead atoms. The Morgan fingerprint density at radius 2 is 1.66 bits per heavy atom. The summed E-state index contributed by atoms with van der Waals surface area (Å²) < 4.78 is 5.99. The van der Waals surface area contributed by atoms with Crippen molar-refractivity contribution in [1.29, 1.82) is 0 Å². The van der Waals surface area contributed by atoms with Gasteiger partial charge in [-0.05, 0) is 29.8 Å². The summed E-state index contributed by atoms with van der Waals surface area (Å²) in [6.45, 7) is 4.66. The molecule has 2 fully saturated rings. The van der Waals surface area contributed by atoms with Gasteiger partial charge >= 0.3 is 5.97 Å². The molecule has 0 aliphatic carbocycles. The second-order valence-corrected chi connectivity index (χ2v) is 7.66. The third-order valence-corrected chi connectivity index (χ3v) is 6.09. The normalized spacial score (nSPS) is 21.4. The number of carboxylic acid groups (broad SMARTS) is 1. The van der Waals surface area contributed by atoms with Gasteiger partial charge in [0.05, 0.1) is 6.61 Å². The van der Waals surface area contributed by atoms with Crippen LogP contribution >= 0.6 is 0 Å². The van der Waals surface area contributed by atoms with Crippen LogP contribution in [0.2, 0.25) is 0 Å². The third-order valence-electron chi connectivity index (χ3n) is 6.09. The predicted molar refractivity (Wildman–Crippen MR) is 110 cm³/mol. The van der Waals surface area contributed by atoms with Crippen molar-refractivity contribution < 1.29 is 19.4 Å². The molecule has 6 nitrogen and oxygen atoms in total. The molecule has 2 aliphatic rings. The number of amides is 1. The Bertz CT molecular complexity index is 874. The van der Waals surface area contributed by atoms with Crippen LogP contribution in [-0.2, 0) is 9.53 Å². The maximum atomic E-state index is 13.4. The minimum atomic E-state index is -1.02. The highest BCUT2D eigenvalue weighted by molar-refractivity contribution is 5.98. The summed E-state index contributed by atoms with van der Waals surface area (Å²) >= 11 is 0. The average Bonchev–Trinajstić information content (AvgIpc) is 3.13. The number of hydrogen-bond donors (Lipinski definition) is 1. The number of benzene rings is 2. The van der Waals surface area contributed by atoms with Crippen LogP contribution in [0.1, 0.15) is 30.1 Å². The number of carboxylic acids is 1. The van der Waals surface area contributed by atoms with E-state index >= 15 is 0 Å². The average molecular weight is 394 g/mol. The van der Waals surface area contributed by atoms with Crippen LogP contribution < -0.4 is 0 Å². The SMILES string of the molecule is CCN1CCC2(CC1)OC[C@H](C(=O)O)N2C(=O)c1ccc(-c2ccccc2)cc1. The van der Waals surface area contributed by atoms with E-state index in [1.165, 1.54) is 4.90 Å². The summed E-state index contributed by atoms with van der Waals surface area (Å²) in [5.74, 6) is -1.30. The van der Waals surface area contributed by atoms with Gasteiger partial charge in [0.1, 0.15) is 5.72 Å². The summed E-state index contributed by atoms with van der Waals surface area (Å²) in [6, 6.07) is 16.3. The summed E-state index contributed by atoms with van der Waals surface area (Å²) in [5, 5.41) is 9.70. The first-order valence-electron chi connectivity index (χ1n) is 10.1. The van der Waals surface area contributed by atoms with E-state index in [1.807, 2.05) is 42.5 Å². The van der Waals surface area contributed by atoms with Crippen LogP contribution in [0, 0.1) is 0 Å². The fourth-order valence-electron chi connectivity index (χ4n) is 4.35. The van der Waals surface area contributed by atoms with Crippen molar-refractivity contribution in [1.82, 2.24) is 9.80 Å². The minimum Gasteiger partial charge on any atom is -0.480 e. The van der Waals surface area contributed by atoms with Crippen LogP contribution in [0.3, 0.4) is 0 Å². The monoisotopic (exact) mass is 394 g/mol. The lowest BCUT2D eigenvalue weighted by Crippen LogP contribution is -2.58. The molecule has 2 aromatic carbocycles. The van der Waals surface area contributed by atoms with Gasteiger partial charge in [0, 0.05) is 31.5 Å². The zero-order valence-electron chi connectivity index (χ0n) is 16.6. The molecule has 2 aromatic rings. The lowest BCUT2D eigenvalue weighted by Gasteiger charge is -2.44. The van der Waals surface area contributed by atoms with Crippen LogP contribution in [0.25, 0.3) is 11.1 Å². The van der Waals surface area contributed by atoms with Gasteiger partial charge in [0.2, 0.25) is 0 Å². The molecule has 6 heteroatoms. The Hall–Kier alpha value is -2.70. The van der Waals surface area contributed by atoms with Crippen molar-refractivity contribution in [3.05, 3.63) is 60.2 Å². The summed E-state index contributed by atoms with van der Waals surface area (Å²) in [6.07, 6.45) is 1.25. The predicted octanol–water partition coefficient (Wildman–Crippen LogP) is 3.09. The second-order valence-electron chi connectivity index (χ2n) is 7.66. The topological polar surface area (TPSA) is 70.1 Å². The van der Waals surface area contributed by atoms with E-state index in [0.29, 0.717) is 18.4 Å². The summed E-state index contributed by atoms with van der Waals surface area (Å²) in [5.41, 5.74) is 1.74. The Morgan fingerprint density at radius 1 is 1.03 bits per heavy atom. The third kappa shape index (κ3) is 3.66. The number of likely N-dealkylation sites (tertiary alicyclic amines) is 1. The number of carbonyl (C=O) groups is 2. The summed E-state index contributed by atoms with van der Waals surface area (Å²) in [7, 11) is 0. The highest BCUT2D eigenvalue weighted by atomic mass is 16.5. The quantitative estimate of drug-likeness (QED) is 0.863. The van der Waals surface area contributed by atoms with E-state index in [-0.39, 0.29) is 12.5 Å². The molecular formula is C23H26N2O4. The highest BCUT2D eigenvalue weighted by Gasteiger charge is 2.53. The first kappa shape index (κ1) is 19.6. The maximum absolute atomic E-state index is 13.4. The van der Waals surface area contributed by atoms with Gasteiger partial charge in [-0.1, -0.05) is 49.4 Å². The lowest BCUT2D eigenvalue weighted by atomic mass is 9.96. The van der Waals surface area contributed by atoms with E-state index in [9.17, 15) is 14.7 Å². The molecule has 152 valence electrons. The van der Waals surface area contributed by atoms with Crippen molar-refractivity contribution >= 4 is 11.9 Å². The Labute approximate surface area is 170 Å². The molecule has 0 aromatic heterocycles. The second kappa shape index (κ2) is 7.97. The Morgan fingerprint density at radius 3 is 2.24 bits per heavy atom. The number of aliphatic carboxylic acids is 1. The number of ether oxygens (including phenoxy) is 1. The molecule has 0 unspecified atom stereocenters. The van der Waals surface area contributed by atoms with E-state index in [2.05, 4.69) is 11.8 Å². The zero-order valence-corrected chi connectivity index (χ0v) is 16.6. The molecule has 1 atom stereocenters. The van der Waals surface area contributed by atoms with Crippen molar-refractivity contribution in [3.63, 3.8) is 0 Å². The van der Waals surface area contributed by atoms with Crippen LogP contribution in [0.4, 0.5) is 0 Å². The number of rotatable bonds is 4. The van der Waals surface area contributed by atoms with Gasteiger partial charge in [-0.25, -0.2) is 4.79 Å². The minimum absolute atomic E-state index is 0.0370. The largest absolute Gasteiger partial charge is 0.480 e. The smallest absolute Gasteiger partial charge is 0.328 e. The summed E-state index contributed by atoms with van der Waals surface area (Å²) in [4.78, 5) is 29.0. The van der Waals surface area contributed by atoms with Gasteiger partial charge in [0.25, 0.3) is 5.91 Å². The van der Waals surface area contributed by atoms with Gasteiger partial charge in [-0.2, -0.15) is 0 Å². The molecule has 1 spiro atoms. The highest BCUT2D eigenvalue weighted by Crippen LogP contribution is 2.38. The molecule has 2 saturated heterocycles. The number of hydrogen-bond acceptors (Lipinski definition) is 4. The zero-order chi connectivity index (χ0) is 20.4. The fourth-order valence-corrected chi connectivity index (χ4v) is 4.35. The van der Waals surface area contributed by atoms with Gasteiger partial charge in [0.15, 0.2) is 6.04 Å². The van der Waals surface area contributed by atoms with Crippen molar-refractivity contribution in [3.8, 4) is 11.1 Å². The van der Waals surface area contributed by atoms with Crippen LogP contribution in [0.15, 0.2) is 54.6 Å². The molecular weight excluding hydrogens is 368 g/mol. The van der Waals surface area contributed by atoms with Gasteiger partial charge < -0.3 is 14.7 Å². The first-order chi connectivity index (χ1) is 14.0. The molecule has 29 heavy (non-hydrogen) atoms. The van der Waals surface area contributed by atoms with E-state index in [4.69, 9.17) is 4.74 Å². The fraction of sp³-hybridized carbons (Fsp3) is 0.391. The van der Waals surface area contributed by atoms with Crippen molar-refractivity contribution in [2.45, 2.75) is 31.5 Å². The van der Waals surface area contributed by atoms with E-state index < -0.39 is 17.7 Å². The molecule has 0 saturated carbocycles. The van der Waals surface area contributed by atoms with Crippen LogP contribution in [-0.4, -0.2) is 64.8 Å². The number of piperidine rings is 1. The van der Waals surface area contributed by atoms with Crippen LogP contribution in [0.5, 0.6) is 0 Å². The van der Waals surface area contributed by atoms with Gasteiger partial charge in [-0.15, -0.1) is 0 Å². The Balaban J connectivity index is 1.61.